The van der Waals surface area contributed by atoms with E-state index < -0.39 is 29.6 Å². The number of aliphatic carboxylic acids is 1. The Morgan fingerprint density at radius 2 is 1.74 bits per heavy atom. The number of ether oxygens (including phenoxy) is 1. The molecule has 3 N–H and O–H groups in total. The molecule has 1 unspecified atom stereocenters. The van der Waals surface area contributed by atoms with Crippen molar-refractivity contribution in [3.8, 4) is 0 Å². The number of rotatable bonds is 5. The van der Waals surface area contributed by atoms with Crippen LogP contribution in [0.5, 0.6) is 0 Å². The maximum absolute atomic E-state index is 11.9. The number of amides is 2. The van der Waals surface area contributed by atoms with E-state index in [0.29, 0.717) is 5.56 Å². The number of aryl methyl sites for hydroxylation is 1. The monoisotopic (exact) mass is 322 g/mol. The van der Waals surface area contributed by atoms with Crippen LogP contribution in [0.1, 0.15) is 36.7 Å². The zero-order valence-corrected chi connectivity index (χ0v) is 13.7. The van der Waals surface area contributed by atoms with Crippen LogP contribution in [0.25, 0.3) is 0 Å². The zero-order valence-electron chi connectivity index (χ0n) is 13.7. The highest BCUT2D eigenvalue weighted by Gasteiger charge is 2.24. The van der Waals surface area contributed by atoms with Crippen molar-refractivity contribution in [2.24, 2.45) is 0 Å². The molecule has 2 amide bonds. The average molecular weight is 322 g/mol. The smallest absolute Gasteiger partial charge is 0.408 e. The number of carboxylic acids is 1. The third-order valence-electron chi connectivity index (χ3n) is 2.77. The van der Waals surface area contributed by atoms with Gasteiger partial charge in [0, 0.05) is 12.1 Å². The fraction of sp³-hybridized carbons (Fsp3) is 0.438. The maximum Gasteiger partial charge on any atom is 0.408 e. The molecule has 0 spiro atoms. The fourth-order valence-corrected chi connectivity index (χ4v) is 1.65. The molecule has 0 aliphatic rings. The SMILES string of the molecule is Cc1ccc(C(=O)NCC(NC(=O)OC(C)(C)C)C(=O)O)cc1. The van der Waals surface area contributed by atoms with Crippen LogP contribution in [0.2, 0.25) is 0 Å². The van der Waals surface area contributed by atoms with Gasteiger partial charge >= 0.3 is 12.1 Å². The summed E-state index contributed by atoms with van der Waals surface area (Å²) >= 11 is 0. The van der Waals surface area contributed by atoms with Crippen LogP contribution in [0.4, 0.5) is 4.79 Å². The first kappa shape index (κ1) is 18.5. The quantitative estimate of drug-likeness (QED) is 0.765. The Morgan fingerprint density at radius 3 is 2.22 bits per heavy atom. The van der Waals surface area contributed by atoms with E-state index in [0.717, 1.165) is 5.56 Å². The van der Waals surface area contributed by atoms with Gasteiger partial charge in [0.2, 0.25) is 0 Å². The molecule has 7 nitrogen and oxygen atoms in total. The van der Waals surface area contributed by atoms with Gasteiger partial charge in [0.05, 0.1) is 0 Å². The van der Waals surface area contributed by atoms with Crippen LogP contribution in [-0.4, -0.2) is 41.3 Å². The van der Waals surface area contributed by atoms with Crippen LogP contribution in [0.15, 0.2) is 24.3 Å². The summed E-state index contributed by atoms with van der Waals surface area (Å²) in [5.41, 5.74) is 0.687. The topological polar surface area (TPSA) is 105 Å². The van der Waals surface area contributed by atoms with Gasteiger partial charge in [0.15, 0.2) is 0 Å². The Kier molecular flexibility index (Phi) is 6.12. The minimum absolute atomic E-state index is 0.249. The van der Waals surface area contributed by atoms with Gasteiger partial charge in [-0.3, -0.25) is 4.79 Å². The molecule has 0 bridgehead atoms. The third-order valence-corrected chi connectivity index (χ3v) is 2.77. The van der Waals surface area contributed by atoms with E-state index in [1.54, 1.807) is 45.0 Å². The number of nitrogens with one attached hydrogen (secondary N) is 2. The number of carbonyl (C=O) groups excluding carboxylic acids is 2. The molecule has 1 aromatic rings. The molecule has 0 heterocycles. The molecule has 7 heteroatoms. The maximum atomic E-state index is 11.9. The highest BCUT2D eigenvalue weighted by molar-refractivity contribution is 5.94. The molecule has 0 aliphatic heterocycles. The Hall–Kier alpha value is -2.57. The Bertz CT molecular complexity index is 575. The molecule has 0 fully saturated rings. The van der Waals surface area contributed by atoms with E-state index in [1.807, 2.05) is 6.92 Å². The molecule has 0 saturated heterocycles. The molecule has 0 saturated carbocycles. The van der Waals surface area contributed by atoms with Crippen molar-refractivity contribution in [3.05, 3.63) is 35.4 Å². The molecule has 1 aromatic carbocycles. The second-order valence-corrected chi connectivity index (χ2v) is 6.11. The lowest BCUT2D eigenvalue weighted by Gasteiger charge is -2.22. The second-order valence-electron chi connectivity index (χ2n) is 6.11. The van der Waals surface area contributed by atoms with E-state index in [2.05, 4.69) is 10.6 Å². The minimum Gasteiger partial charge on any atom is -0.480 e. The third kappa shape index (κ3) is 6.82. The van der Waals surface area contributed by atoms with Gasteiger partial charge in [-0.15, -0.1) is 0 Å². The number of hydrogen-bond donors (Lipinski definition) is 3. The van der Waals surface area contributed by atoms with Gasteiger partial charge < -0.3 is 20.5 Å². The molecule has 23 heavy (non-hydrogen) atoms. The lowest BCUT2D eigenvalue weighted by molar-refractivity contribution is -0.139. The van der Waals surface area contributed by atoms with Crippen LogP contribution in [0, 0.1) is 6.92 Å². The first-order valence-electron chi connectivity index (χ1n) is 7.15. The fourth-order valence-electron chi connectivity index (χ4n) is 1.65. The van der Waals surface area contributed by atoms with Gasteiger partial charge in [0.1, 0.15) is 11.6 Å². The van der Waals surface area contributed by atoms with Gasteiger partial charge in [-0.1, -0.05) is 17.7 Å². The van der Waals surface area contributed by atoms with Crippen molar-refractivity contribution >= 4 is 18.0 Å². The van der Waals surface area contributed by atoms with Crippen LogP contribution >= 0.6 is 0 Å². The van der Waals surface area contributed by atoms with Crippen LogP contribution < -0.4 is 10.6 Å². The average Bonchev–Trinajstić information content (AvgIpc) is 2.41. The molecule has 126 valence electrons. The predicted octanol–water partition coefficient (Wildman–Crippen LogP) is 1.70. The minimum atomic E-state index is -1.28. The summed E-state index contributed by atoms with van der Waals surface area (Å²) in [6.07, 6.45) is -0.852. The Balaban J connectivity index is 2.59. The number of benzene rings is 1. The predicted molar refractivity (Wildman–Crippen MR) is 84.3 cm³/mol. The summed E-state index contributed by atoms with van der Waals surface area (Å²) in [7, 11) is 0. The standard InChI is InChI=1S/C16H22N2O5/c1-10-5-7-11(8-6-10)13(19)17-9-12(14(20)21)18-15(22)23-16(2,3)4/h5-8,12H,9H2,1-4H3,(H,17,19)(H,18,22)(H,20,21). The molecule has 0 aliphatic carbocycles. The number of carbonyl (C=O) groups is 3. The first-order valence-corrected chi connectivity index (χ1v) is 7.15. The van der Waals surface area contributed by atoms with Crippen molar-refractivity contribution in [2.75, 3.05) is 6.54 Å². The Labute approximate surface area is 135 Å². The van der Waals surface area contributed by atoms with E-state index in [1.165, 1.54) is 0 Å². The van der Waals surface area contributed by atoms with Crippen molar-refractivity contribution < 1.29 is 24.2 Å². The van der Waals surface area contributed by atoms with Crippen LogP contribution in [0.3, 0.4) is 0 Å². The number of alkyl carbamates (subject to hydrolysis) is 1. The summed E-state index contributed by atoms with van der Waals surface area (Å²) in [5.74, 6) is -1.68. The van der Waals surface area contributed by atoms with Gasteiger partial charge in [0.25, 0.3) is 5.91 Å². The van der Waals surface area contributed by atoms with E-state index in [9.17, 15) is 14.4 Å². The zero-order chi connectivity index (χ0) is 17.6. The lowest BCUT2D eigenvalue weighted by Crippen LogP contribution is -2.49. The number of carboxylic acid groups (broad SMARTS) is 1. The van der Waals surface area contributed by atoms with Gasteiger partial charge in [-0.25, -0.2) is 9.59 Å². The van der Waals surface area contributed by atoms with E-state index >= 15 is 0 Å². The molecule has 1 atom stereocenters. The lowest BCUT2D eigenvalue weighted by atomic mass is 10.1. The van der Waals surface area contributed by atoms with Crippen molar-refractivity contribution in [1.29, 1.82) is 0 Å². The summed E-state index contributed by atoms with van der Waals surface area (Å²) in [6, 6.07) is 5.56. The summed E-state index contributed by atoms with van der Waals surface area (Å²) in [5, 5.41) is 13.8. The second kappa shape index (κ2) is 7.62. The van der Waals surface area contributed by atoms with Crippen molar-refractivity contribution in [3.63, 3.8) is 0 Å². The van der Waals surface area contributed by atoms with Crippen molar-refractivity contribution in [1.82, 2.24) is 10.6 Å². The summed E-state index contributed by atoms with van der Waals surface area (Å²) < 4.78 is 5.00. The summed E-state index contributed by atoms with van der Waals surface area (Å²) in [6.45, 7) is 6.65. The van der Waals surface area contributed by atoms with E-state index in [4.69, 9.17) is 9.84 Å². The molecule has 0 radical (unpaired) electrons. The normalized spacial score (nSPS) is 12.2. The van der Waals surface area contributed by atoms with Gasteiger partial charge in [-0.2, -0.15) is 0 Å². The highest BCUT2D eigenvalue weighted by Crippen LogP contribution is 2.07. The van der Waals surface area contributed by atoms with Gasteiger partial charge in [-0.05, 0) is 39.8 Å². The number of hydrogen-bond acceptors (Lipinski definition) is 4. The molecule has 0 aromatic heterocycles. The molecular formula is C16H22N2O5. The largest absolute Gasteiger partial charge is 0.480 e. The first-order chi connectivity index (χ1) is 10.6. The van der Waals surface area contributed by atoms with E-state index in [-0.39, 0.29) is 6.54 Å². The summed E-state index contributed by atoms with van der Waals surface area (Å²) in [4.78, 5) is 34.7. The highest BCUT2D eigenvalue weighted by atomic mass is 16.6. The van der Waals surface area contributed by atoms with Crippen molar-refractivity contribution in [2.45, 2.75) is 39.3 Å². The van der Waals surface area contributed by atoms with Crippen LogP contribution in [-0.2, 0) is 9.53 Å². The Morgan fingerprint density at radius 1 is 1.17 bits per heavy atom. The molecular weight excluding hydrogens is 300 g/mol. The molecule has 1 rings (SSSR count).